The molecule has 1 aromatic rings. The third-order valence-electron chi connectivity index (χ3n) is 5.31. The van der Waals surface area contributed by atoms with E-state index in [2.05, 4.69) is 13.8 Å². The van der Waals surface area contributed by atoms with E-state index in [0.717, 1.165) is 12.0 Å². The van der Waals surface area contributed by atoms with E-state index in [-0.39, 0.29) is 24.5 Å². The summed E-state index contributed by atoms with van der Waals surface area (Å²) in [7, 11) is 0. The predicted octanol–water partition coefficient (Wildman–Crippen LogP) is 5.32. The minimum atomic E-state index is -0.870. The number of carbonyl (C=O) groups is 2. The summed E-state index contributed by atoms with van der Waals surface area (Å²) in [6.07, 6.45) is 1.71. The van der Waals surface area contributed by atoms with Gasteiger partial charge in [0.15, 0.2) is 0 Å². The maximum Gasteiger partial charge on any atom is 0.412 e. The monoisotopic (exact) mass is 431 g/mol. The van der Waals surface area contributed by atoms with E-state index >= 15 is 0 Å². The molecule has 1 amide bonds. The molecule has 0 N–H and O–H groups in total. The average molecular weight is 432 g/mol. The number of amides is 1. The molecular weight excluding hydrogens is 394 g/mol. The van der Waals surface area contributed by atoms with Crippen LogP contribution in [-0.4, -0.2) is 41.4 Å². The maximum atomic E-state index is 13.1. The van der Waals surface area contributed by atoms with Gasteiger partial charge in [-0.15, -0.1) is 0 Å². The van der Waals surface area contributed by atoms with Crippen molar-refractivity contribution in [3.05, 3.63) is 47.5 Å². The zero-order chi connectivity index (χ0) is 23.2. The van der Waals surface area contributed by atoms with E-state index in [4.69, 9.17) is 14.2 Å². The van der Waals surface area contributed by atoms with Crippen molar-refractivity contribution >= 4 is 12.1 Å². The lowest BCUT2D eigenvalue weighted by Crippen LogP contribution is -2.49. The van der Waals surface area contributed by atoms with Gasteiger partial charge in [-0.1, -0.05) is 58.0 Å². The highest BCUT2D eigenvalue weighted by molar-refractivity contribution is 5.89. The molecule has 2 rings (SSSR count). The first-order valence-corrected chi connectivity index (χ1v) is 11.1. The first-order valence-electron chi connectivity index (χ1n) is 11.1. The SMILES string of the molecule is CCOC(=O)C(=C[C@@H]1OC(C)(C)N(C(=O)OCc2ccccc2)[C@H]1CC(C)C)C(C)C. The zero-order valence-corrected chi connectivity index (χ0v) is 19.9. The van der Waals surface area contributed by atoms with Gasteiger partial charge in [0.2, 0.25) is 0 Å². The minimum Gasteiger partial charge on any atom is -0.463 e. The van der Waals surface area contributed by atoms with E-state index in [1.807, 2.05) is 64.1 Å². The Labute approximate surface area is 186 Å². The Morgan fingerprint density at radius 3 is 2.32 bits per heavy atom. The van der Waals surface area contributed by atoms with Gasteiger partial charge in [-0.2, -0.15) is 0 Å². The fourth-order valence-electron chi connectivity index (χ4n) is 3.91. The van der Waals surface area contributed by atoms with Crippen LogP contribution in [0, 0.1) is 11.8 Å². The van der Waals surface area contributed by atoms with Gasteiger partial charge in [-0.25, -0.2) is 9.59 Å². The molecule has 0 radical (unpaired) electrons. The number of esters is 1. The van der Waals surface area contributed by atoms with Crippen LogP contribution >= 0.6 is 0 Å². The molecule has 1 aromatic carbocycles. The first-order chi connectivity index (χ1) is 14.6. The van der Waals surface area contributed by atoms with Crippen LogP contribution in [-0.2, 0) is 25.6 Å². The van der Waals surface area contributed by atoms with E-state index in [1.54, 1.807) is 11.8 Å². The topological polar surface area (TPSA) is 65.1 Å². The van der Waals surface area contributed by atoms with Crippen LogP contribution in [0.5, 0.6) is 0 Å². The van der Waals surface area contributed by atoms with Crippen molar-refractivity contribution in [1.82, 2.24) is 4.90 Å². The number of hydrogen-bond donors (Lipinski definition) is 0. The van der Waals surface area contributed by atoms with Gasteiger partial charge in [0.25, 0.3) is 0 Å². The van der Waals surface area contributed by atoms with Gasteiger partial charge in [-0.3, -0.25) is 4.90 Å². The summed E-state index contributed by atoms with van der Waals surface area (Å²) in [4.78, 5) is 27.3. The Morgan fingerprint density at radius 2 is 1.77 bits per heavy atom. The van der Waals surface area contributed by atoms with E-state index in [9.17, 15) is 9.59 Å². The summed E-state index contributed by atoms with van der Waals surface area (Å²) in [5, 5.41) is 0. The number of benzene rings is 1. The van der Waals surface area contributed by atoms with Crippen LogP contribution in [0.15, 0.2) is 42.0 Å². The number of ether oxygens (including phenoxy) is 3. The number of carbonyl (C=O) groups excluding carboxylic acids is 2. The quantitative estimate of drug-likeness (QED) is 0.412. The lowest BCUT2D eigenvalue weighted by atomic mass is 9.94. The maximum absolute atomic E-state index is 13.1. The molecule has 172 valence electrons. The number of nitrogens with zero attached hydrogens (tertiary/aromatic N) is 1. The van der Waals surface area contributed by atoms with Crippen LogP contribution in [0.2, 0.25) is 0 Å². The van der Waals surface area contributed by atoms with Gasteiger partial charge < -0.3 is 14.2 Å². The Morgan fingerprint density at radius 1 is 1.13 bits per heavy atom. The molecule has 0 aromatic heterocycles. The van der Waals surface area contributed by atoms with Crippen molar-refractivity contribution in [2.24, 2.45) is 11.8 Å². The van der Waals surface area contributed by atoms with Crippen LogP contribution in [0.25, 0.3) is 0 Å². The van der Waals surface area contributed by atoms with Crippen molar-refractivity contribution in [3.63, 3.8) is 0 Å². The zero-order valence-electron chi connectivity index (χ0n) is 19.9. The van der Waals surface area contributed by atoms with Crippen molar-refractivity contribution in [1.29, 1.82) is 0 Å². The van der Waals surface area contributed by atoms with Gasteiger partial charge >= 0.3 is 12.1 Å². The highest BCUT2D eigenvalue weighted by Gasteiger charge is 2.50. The minimum absolute atomic E-state index is 0.0236. The van der Waals surface area contributed by atoms with Gasteiger partial charge in [0.1, 0.15) is 12.3 Å². The summed E-state index contributed by atoms with van der Waals surface area (Å²) in [5.74, 6) is -0.0373. The van der Waals surface area contributed by atoms with Crippen LogP contribution in [0.4, 0.5) is 4.79 Å². The summed E-state index contributed by atoms with van der Waals surface area (Å²) in [6, 6.07) is 9.35. The smallest absolute Gasteiger partial charge is 0.412 e. The average Bonchev–Trinajstić information content (AvgIpc) is 2.93. The molecule has 0 unspecified atom stereocenters. The van der Waals surface area contributed by atoms with E-state index in [1.165, 1.54) is 0 Å². The Hall–Kier alpha value is -2.34. The fourth-order valence-corrected chi connectivity index (χ4v) is 3.91. The summed E-state index contributed by atoms with van der Waals surface area (Å²) in [6.45, 7) is 14.1. The molecule has 1 saturated heterocycles. The van der Waals surface area contributed by atoms with Crippen molar-refractivity contribution < 1.29 is 23.8 Å². The molecule has 0 aliphatic carbocycles. The van der Waals surface area contributed by atoms with E-state index < -0.39 is 17.9 Å². The Kier molecular flexibility index (Phi) is 8.69. The molecule has 1 aliphatic heterocycles. The third-order valence-corrected chi connectivity index (χ3v) is 5.31. The Balaban J connectivity index is 2.31. The molecule has 31 heavy (non-hydrogen) atoms. The highest BCUT2D eigenvalue weighted by Crippen LogP contribution is 2.37. The molecule has 6 heteroatoms. The molecule has 1 aliphatic rings. The predicted molar refractivity (Wildman–Crippen MR) is 120 cm³/mol. The number of hydrogen-bond acceptors (Lipinski definition) is 5. The van der Waals surface area contributed by atoms with Crippen molar-refractivity contribution in [2.75, 3.05) is 6.61 Å². The summed E-state index contributed by atoms with van der Waals surface area (Å²) >= 11 is 0. The second kappa shape index (κ2) is 10.8. The molecule has 0 spiro atoms. The molecule has 1 fully saturated rings. The van der Waals surface area contributed by atoms with Crippen molar-refractivity contribution in [2.45, 2.75) is 79.4 Å². The molecule has 6 nitrogen and oxygen atoms in total. The van der Waals surface area contributed by atoms with Gasteiger partial charge in [0.05, 0.1) is 18.8 Å². The van der Waals surface area contributed by atoms with Gasteiger partial charge in [-0.05, 0) is 50.7 Å². The molecule has 0 bridgehead atoms. The standard InChI is InChI=1S/C25H37NO5/c1-8-29-23(27)20(18(4)5)15-22-21(14-17(2)3)26(25(6,7)31-22)24(28)30-16-19-12-10-9-11-13-19/h9-13,15,17-18,21-22H,8,14,16H2,1-7H3/t21-,22-/m0/s1. The van der Waals surface area contributed by atoms with Crippen LogP contribution < -0.4 is 0 Å². The molecule has 0 saturated carbocycles. The third kappa shape index (κ3) is 6.57. The molecular formula is C25H37NO5. The first kappa shape index (κ1) is 24.9. The Bertz CT molecular complexity index is 769. The van der Waals surface area contributed by atoms with Crippen molar-refractivity contribution in [3.8, 4) is 0 Å². The second-order valence-corrected chi connectivity index (χ2v) is 9.13. The second-order valence-electron chi connectivity index (χ2n) is 9.13. The normalized spacial score (nSPS) is 20.9. The van der Waals surface area contributed by atoms with Crippen LogP contribution in [0.1, 0.15) is 60.5 Å². The number of rotatable bonds is 8. The van der Waals surface area contributed by atoms with Gasteiger partial charge in [0, 0.05) is 5.57 Å². The fraction of sp³-hybridized carbons (Fsp3) is 0.600. The largest absolute Gasteiger partial charge is 0.463 e. The lowest BCUT2D eigenvalue weighted by molar-refractivity contribution is -0.139. The lowest BCUT2D eigenvalue weighted by Gasteiger charge is -2.33. The van der Waals surface area contributed by atoms with Crippen LogP contribution in [0.3, 0.4) is 0 Å². The summed E-state index contributed by atoms with van der Waals surface area (Å²) in [5.41, 5.74) is 0.622. The molecule has 2 atom stereocenters. The van der Waals surface area contributed by atoms with E-state index in [0.29, 0.717) is 18.1 Å². The highest BCUT2D eigenvalue weighted by atomic mass is 16.6. The molecule has 1 heterocycles. The summed E-state index contributed by atoms with van der Waals surface area (Å²) < 4.78 is 17.2.